The maximum Gasteiger partial charge on any atom is 0.262 e. The molecule has 0 radical (unpaired) electrons. The van der Waals surface area contributed by atoms with E-state index in [0.717, 1.165) is 5.56 Å². The molecule has 0 atom stereocenters. The number of carbonyl (C=O) groups is 1. The molecule has 8 heteroatoms. The second-order valence-electron chi connectivity index (χ2n) is 6.57. The average molecular weight is 413 g/mol. The zero-order valence-electron chi connectivity index (χ0n) is 16.8. The van der Waals surface area contributed by atoms with Gasteiger partial charge in [-0.25, -0.2) is 4.98 Å². The maximum atomic E-state index is 13.2. The van der Waals surface area contributed by atoms with Gasteiger partial charge in [0.1, 0.15) is 0 Å². The molecule has 0 bridgehead atoms. The number of fused-ring (bicyclic) bond motifs is 1. The topological polar surface area (TPSA) is 73.7 Å². The van der Waals surface area contributed by atoms with Crippen molar-refractivity contribution in [2.24, 2.45) is 0 Å². The Morgan fingerprint density at radius 3 is 2.52 bits per heavy atom. The number of nitrogens with zero attached hydrogens (tertiary/aromatic N) is 3. The van der Waals surface area contributed by atoms with Gasteiger partial charge in [-0.05, 0) is 29.8 Å². The molecular formula is C21H23N3O4S. The highest BCUT2D eigenvalue weighted by Gasteiger charge is 2.15. The fraction of sp³-hybridized carbons (Fsp3) is 0.286. The Labute approximate surface area is 173 Å². The van der Waals surface area contributed by atoms with E-state index in [0.29, 0.717) is 34.1 Å². The molecule has 0 N–H and O–H groups in total. The highest BCUT2D eigenvalue weighted by Crippen LogP contribution is 2.28. The monoisotopic (exact) mass is 413 g/mol. The molecule has 152 valence electrons. The lowest BCUT2D eigenvalue weighted by Gasteiger charge is -2.15. The smallest absolute Gasteiger partial charge is 0.262 e. The number of benzene rings is 2. The van der Waals surface area contributed by atoms with Crippen LogP contribution in [0.4, 0.5) is 0 Å². The fourth-order valence-electron chi connectivity index (χ4n) is 2.81. The van der Waals surface area contributed by atoms with Gasteiger partial charge in [-0.2, -0.15) is 0 Å². The first-order chi connectivity index (χ1) is 13.9. The van der Waals surface area contributed by atoms with Crippen molar-refractivity contribution in [1.82, 2.24) is 14.5 Å². The summed E-state index contributed by atoms with van der Waals surface area (Å²) in [6, 6.07) is 12.7. The Morgan fingerprint density at radius 1 is 1.10 bits per heavy atom. The third kappa shape index (κ3) is 4.54. The van der Waals surface area contributed by atoms with Gasteiger partial charge in [0.15, 0.2) is 16.7 Å². The number of aromatic nitrogens is 2. The minimum Gasteiger partial charge on any atom is -0.493 e. The summed E-state index contributed by atoms with van der Waals surface area (Å²) >= 11 is 1.25. The molecule has 1 amide bonds. The van der Waals surface area contributed by atoms with Crippen molar-refractivity contribution < 1.29 is 14.3 Å². The lowest BCUT2D eigenvalue weighted by Crippen LogP contribution is -2.26. The Hall–Kier alpha value is -3.00. The Morgan fingerprint density at radius 2 is 1.83 bits per heavy atom. The van der Waals surface area contributed by atoms with E-state index in [1.807, 2.05) is 24.3 Å². The molecule has 0 saturated carbocycles. The number of rotatable bonds is 7. The van der Waals surface area contributed by atoms with E-state index >= 15 is 0 Å². The number of carbonyl (C=O) groups excluding carboxylic acids is 1. The first-order valence-electron chi connectivity index (χ1n) is 8.98. The molecule has 0 aliphatic heterocycles. The molecule has 29 heavy (non-hydrogen) atoms. The van der Waals surface area contributed by atoms with Gasteiger partial charge in [-0.3, -0.25) is 14.2 Å². The van der Waals surface area contributed by atoms with Gasteiger partial charge < -0.3 is 14.4 Å². The van der Waals surface area contributed by atoms with Gasteiger partial charge >= 0.3 is 0 Å². The van der Waals surface area contributed by atoms with E-state index in [2.05, 4.69) is 4.98 Å². The molecular weight excluding hydrogens is 390 g/mol. The molecule has 0 spiro atoms. The number of ether oxygens (including phenoxy) is 2. The quantitative estimate of drug-likeness (QED) is 0.438. The van der Waals surface area contributed by atoms with Crippen LogP contribution in [-0.4, -0.2) is 54.4 Å². The van der Waals surface area contributed by atoms with Crippen LogP contribution in [0, 0.1) is 0 Å². The van der Waals surface area contributed by atoms with E-state index in [1.165, 1.54) is 16.7 Å². The van der Waals surface area contributed by atoms with E-state index in [1.54, 1.807) is 51.1 Å². The van der Waals surface area contributed by atoms with Crippen LogP contribution in [-0.2, 0) is 11.3 Å². The predicted octanol–water partition coefficient (Wildman–Crippen LogP) is 2.64. The normalized spacial score (nSPS) is 10.8. The molecule has 1 heterocycles. The lowest BCUT2D eigenvalue weighted by molar-refractivity contribution is -0.125. The number of amides is 1. The number of methoxy groups -OCH3 is 2. The van der Waals surface area contributed by atoms with E-state index in [4.69, 9.17) is 9.47 Å². The van der Waals surface area contributed by atoms with Crippen LogP contribution >= 0.6 is 11.8 Å². The van der Waals surface area contributed by atoms with Gasteiger partial charge in [0.25, 0.3) is 5.56 Å². The van der Waals surface area contributed by atoms with Crippen molar-refractivity contribution in [3.63, 3.8) is 0 Å². The largest absolute Gasteiger partial charge is 0.493 e. The Balaban J connectivity index is 2.04. The highest BCUT2D eigenvalue weighted by molar-refractivity contribution is 7.99. The van der Waals surface area contributed by atoms with Gasteiger partial charge in [0, 0.05) is 14.1 Å². The summed E-state index contributed by atoms with van der Waals surface area (Å²) in [5.41, 5.74) is 1.33. The number of para-hydroxylation sites is 1. The summed E-state index contributed by atoms with van der Waals surface area (Å²) in [4.78, 5) is 31.4. The van der Waals surface area contributed by atoms with Gasteiger partial charge in [0.05, 0.1) is 37.4 Å². The summed E-state index contributed by atoms with van der Waals surface area (Å²) in [5.74, 6) is 1.36. The molecule has 0 fully saturated rings. The number of thioether (sulfide) groups is 1. The Kier molecular flexibility index (Phi) is 6.43. The summed E-state index contributed by atoms with van der Waals surface area (Å²) < 4.78 is 12.2. The van der Waals surface area contributed by atoms with Crippen LogP contribution in [0.1, 0.15) is 5.56 Å². The SMILES string of the molecule is COc1ccc(Cn2c(SCC(=O)N(C)C)nc3ccccc3c2=O)cc1OC. The first-order valence-corrected chi connectivity index (χ1v) is 9.96. The van der Waals surface area contributed by atoms with Crippen molar-refractivity contribution in [3.05, 3.63) is 58.4 Å². The van der Waals surface area contributed by atoms with Crippen LogP contribution in [0.3, 0.4) is 0 Å². The molecule has 0 unspecified atom stereocenters. The third-order valence-electron chi connectivity index (χ3n) is 4.44. The second kappa shape index (κ2) is 9.00. The molecule has 7 nitrogen and oxygen atoms in total. The number of hydrogen-bond acceptors (Lipinski definition) is 6. The zero-order valence-corrected chi connectivity index (χ0v) is 17.7. The molecule has 0 saturated heterocycles. The van der Waals surface area contributed by atoms with Crippen LogP contribution < -0.4 is 15.0 Å². The molecule has 3 aromatic rings. The van der Waals surface area contributed by atoms with Crippen molar-refractivity contribution in [1.29, 1.82) is 0 Å². The minimum atomic E-state index is -0.148. The second-order valence-corrected chi connectivity index (χ2v) is 7.51. The third-order valence-corrected chi connectivity index (χ3v) is 5.40. The van der Waals surface area contributed by atoms with Gasteiger partial charge in [-0.1, -0.05) is 30.0 Å². The van der Waals surface area contributed by atoms with Crippen LogP contribution in [0.15, 0.2) is 52.4 Å². The molecule has 1 aromatic heterocycles. The van der Waals surface area contributed by atoms with Gasteiger partial charge in [-0.15, -0.1) is 0 Å². The maximum absolute atomic E-state index is 13.2. The van der Waals surface area contributed by atoms with Crippen LogP contribution in [0.5, 0.6) is 11.5 Å². The molecule has 3 rings (SSSR count). The molecule has 0 aliphatic carbocycles. The minimum absolute atomic E-state index is 0.0462. The van der Waals surface area contributed by atoms with E-state index in [-0.39, 0.29) is 17.2 Å². The summed E-state index contributed by atoms with van der Waals surface area (Å²) in [6.45, 7) is 0.301. The summed E-state index contributed by atoms with van der Waals surface area (Å²) in [7, 11) is 6.55. The highest BCUT2D eigenvalue weighted by atomic mass is 32.2. The zero-order chi connectivity index (χ0) is 21.0. The van der Waals surface area contributed by atoms with Crippen LogP contribution in [0.2, 0.25) is 0 Å². The van der Waals surface area contributed by atoms with E-state index in [9.17, 15) is 9.59 Å². The Bertz CT molecular complexity index is 1090. The van der Waals surface area contributed by atoms with Gasteiger partial charge in [0.2, 0.25) is 5.91 Å². The van der Waals surface area contributed by atoms with E-state index < -0.39 is 0 Å². The molecule has 2 aromatic carbocycles. The van der Waals surface area contributed by atoms with Crippen LogP contribution in [0.25, 0.3) is 10.9 Å². The fourth-order valence-corrected chi connectivity index (χ4v) is 3.79. The predicted molar refractivity (Wildman–Crippen MR) is 114 cm³/mol. The van der Waals surface area contributed by atoms with Crippen molar-refractivity contribution in [2.45, 2.75) is 11.7 Å². The lowest BCUT2D eigenvalue weighted by atomic mass is 10.2. The van der Waals surface area contributed by atoms with Crippen molar-refractivity contribution in [2.75, 3.05) is 34.1 Å². The summed E-state index contributed by atoms with van der Waals surface area (Å²) in [5, 5.41) is 1.04. The van der Waals surface area contributed by atoms with Crippen molar-refractivity contribution in [3.8, 4) is 11.5 Å². The van der Waals surface area contributed by atoms with Crippen molar-refractivity contribution >= 4 is 28.6 Å². The first kappa shape index (κ1) is 20.7. The summed E-state index contributed by atoms with van der Waals surface area (Å²) in [6.07, 6.45) is 0. The number of hydrogen-bond donors (Lipinski definition) is 0. The molecule has 0 aliphatic rings. The standard InChI is InChI=1S/C21H23N3O4S/c1-23(2)19(25)13-29-21-22-16-8-6-5-7-15(16)20(26)24(21)12-14-9-10-17(27-3)18(11-14)28-4/h5-11H,12-13H2,1-4H3. The average Bonchev–Trinajstić information content (AvgIpc) is 2.74.